The normalized spacial score (nSPS) is 20.4. The Balaban J connectivity index is 1.28. The first-order chi connectivity index (χ1) is 17.1. The van der Waals surface area contributed by atoms with Crippen molar-refractivity contribution in [2.45, 2.75) is 56.1 Å². The number of hydrogen-bond donors (Lipinski definition) is 1. The summed E-state index contributed by atoms with van der Waals surface area (Å²) < 4.78 is 39.3. The second kappa shape index (κ2) is 10.9. The van der Waals surface area contributed by atoms with Crippen LogP contribution in [-0.2, 0) is 26.0 Å². The third-order valence-corrected chi connectivity index (χ3v) is 9.23. The Morgan fingerprint density at radius 1 is 1.11 bits per heavy atom. The largest absolute Gasteiger partial charge is 0.495 e. The number of benzene rings is 2. The van der Waals surface area contributed by atoms with Gasteiger partial charge in [-0.1, -0.05) is 36.4 Å². The quantitative estimate of drug-likeness (QED) is 0.580. The SMILES string of the molecule is COc1cc(C)cc(C)c1S(=O)(=O)N1CCC(OCC(=O)N2CCC(O)(Cc3ccccc3)CC2)C1. The van der Waals surface area contributed by atoms with Gasteiger partial charge in [0.05, 0.1) is 18.8 Å². The summed E-state index contributed by atoms with van der Waals surface area (Å²) in [6, 6.07) is 13.4. The number of ether oxygens (including phenoxy) is 2. The van der Waals surface area contributed by atoms with E-state index in [0.29, 0.717) is 56.6 Å². The smallest absolute Gasteiger partial charge is 0.248 e. The number of likely N-dealkylation sites (tertiary alicyclic amines) is 1. The van der Waals surface area contributed by atoms with Crippen LogP contribution in [0.1, 0.15) is 36.0 Å². The van der Waals surface area contributed by atoms with Crippen LogP contribution in [0, 0.1) is 13.8 Å². The Bertz CT molecular complexity index is 1180. The van der Waals surface area contributed by atoms with E-state index in [1.54, 1.807) is 17.9 Å². The Kier molecular flexibility index (Phi) is 8.04. The Labute approximate surface area is 213 Å². The van der Waals surface area contributed by atoms with Gasteiger partial charge in [0.15, 0.2) is 0 Å². The molecule has 0 aliphatic carbocycles. The minimum atomic E-state index is -3.75. The van der Waals surface area contributed by atoms with Crippen LogP contribution < -0.4 is 4.74 Å². The zero-order valence-electron chi connectivity index (χ0n) is 21.3. The van der Waals surface area contributed by atoms with E-state index in [2.05, 4.69) is 0 Å². The van der Waals surface area contributed by atoms with Gasteiger partial charge in [-0.05, 0) is 55.9 Å². The summed E-state index contributed by atoms with van der Waals surface area (Å²) in [6.07, 6.45) is 1.78. The van der Waals surface area contributed by atoms with Gasteiger partial charge in [-0.25, -0.2) is 8.42 Å². The van der Waals surface area contributed by atoms with Crippen LogP contribution in [0.15, 0.2) is 47.4 Å². The van der Waals surface area contributed by atoms with Crippen molar-refractivity contribution in [3.05, 3.63) is 59.2 Å². The molecule has 2 aliphatic rings. The minimum Gasteiger partial charge on any atom is -0.495 e. The van der Waals surface area contributed by atoms with Crippen molar-refractivity contribution in [3.8, 4) is 5.75 Å². The molecular formula is C27H36N2O6S. The summed E-state index contributed by atoms with van der Waals surface area (Å²) in [5.74, 6) is 0.207. The lowest BCUT2D eigenvalue weighted by Gasteiger charge is -2.38. The maximum atomic E-state index is 13.4. The van der Waals surface area contributed by atoms with Crippen LogP contribution in [-0.4, -0.2) is 80.2 Å². The summed E-state index contributed by atoms with van der Waals surface area (Å²) in [7, 11) is -2.28. The lowest BCUT2D eigenvalue weighted by molar-refractivity contribution is -0.142. The van der Waals surface area contributed by atoms with Crippen LogP contribution in [0.4, 0.5) is 0 Å². The third kappa shape index (κ3) is 5.91. The average molecular weight is 517 g/mol. The van der Waals surface area contributed by atoms with Gasteiger partial charge in [-0.15, -0.1) is 0 Å². The summed E-state index contributed by atoms with van der Waals surface area (Å²) in [6.45, 7) is 5.05. The molecule has 2 aromatic rings. The van der Waals surface area contributed by atoms with Crippen LogP contribution in [0.25, 0.3) is 0 Å². The van der Waals surface area contributed by atoms with E-state index in [0.717, 1.165) is 11.1 Å². The number of carbonyl (C=O) groups excluding carboxylic acids is 1. The highest BCUT2D eigenvalue weighted by atomic mass is 32.2. The van der Waals surface area contributed by atoms with Gasteiger partial charge in [0.25, 0.3) is 0 Å². The van der Waals surface area contributed by atoms with Gasteiger partial charge in [-0.2, -0.15) is 4.31 Å². The molecule has 1 N–H and O–H groups in total. The van der Waals surface area contributed by atoms with E-state index in [9.17, 15) is 18.3 Å². The average Bonchev–Trinajstić information content (AvgIpc) is 3.33. The molecule has 0 spiro atoms. The van der Waals surface area contributed by atoms with Crippen molar-refractivity contribution < 1.29 is 27.8 Å². The molecule has 9 heteroatoms. The number of amides is 1. The third-order valence-electron chi connectivity index (χ3n) is 7.18. The summed E-state index contributed by atoms with van der Waals surface area (Å²) >= 11 is 0. The molecule has 2 saturated heterocycles. The minimum absolute atomic E-state index is 0.0947. The number of hydrogen-bond acceptors (Lipinski definition) is 6. The summed E-state index contributed by atoms with van der Waals surface area (Å²) in [5.41, 5.74) is 1.85. The highest BCUT2D eigenvalue weighted by Crippen LogP contribution is 2.33. The fraction of sp³-hybridized carbons (Fsp3) is 0.519. The molecule has 1 unspecified atom stereocenters. The second-order valence-electron chi connectivity index (χ2n) is 9.97. The van der Waals surface area contributed by atoms with Crippen molar-refractivity contribution in [2.24, 2.45) is 0 Å². The van der Waals surface area contributed by atoms with Crippen molar-refractivity contribution in [1.29, 1.82) is 0 Å². The van der Waals surface area contributed by atoms with Crippen LogP contribution in [0.5, 0.6) is 5.75 Å². The highest BCUT2D eigenvalue weighted by molar-refractivity contribution is 7.89. The fourth-order valence-electron chi connectivity index (χ4n) is 5.18. The number of aliphatic hydroxyl groups is 1. The van der Waals surface area contributed by atoms with Gasteiger partial charge in [0.1, 0.15) is 17.3 Å². The van der Waals surface area contributed by atoms with Gasteiger partial charge in [-0.3, -0.25) is 4.79 Å². The van der Waals surface area contributed by atoms with E-state index >= 15 is 0 Å². The number of carbonyl (C=O) groups is 1. The molecule has 0 saturated carbocycles. The molecule has 1 amide bonds. The van der Waals surface area contributed by atoms with E-state index in [4.69, 9.17) is 9.47 Å². The zero-order chi connectivity index (χ0) is 25.9. The van der Waals surface area contributed by atoms with Crippen molar-refractivity contribution >= 4 is 15.9 Å². The molecule has 0 bridgehead atoms. The number of sulfonamides is 1. The monoisotopic (exact) mass is 516 g/mol. The topological polar surface area (TPSA) is 96.4 Å². The molecule has 4 rings (SSSR count). The molecular weight excluding hydrogens is 480 g/mol. The first-order valence-electron chi connectivity index (χ1n) is 12.4. The maximum absolute atomic E-state index is 13.4. The Morgan fingerprint density at radius 3 is 2.47 bits per heavy atom. The van der Waals surface area contributed by atoms with E-state index in [1.165, 1.54) is 11.4 Å². The molecule has 2 heterocycles. The molecule has 2 aliphatic heterocycles. The molecule has 8 nitrogen and oxygen atoms in total. The number of piperidine rings is 1. The standard InChI is InChI=1S/C27H36N2O6S/c1-20-15-21(2)26(24(16-20)34-3)36(32,33)29-12-9-23(18-29)35-19-25(30)28-13-10-27(31,11-14-28)17-22-7-5-4-6-8-22/h4-8,15-16,23,31H,9-14,17-19H2,1-3H3. The predicted molar refractivity (Wildman–Crippen MR) is 136 cm³/mol. The molecule has 1 atom stereocenters. The Morgan fingerprint density at radius 2 is 1.81 bits per heavy atom. The zero-order valence-corrected chi connectivity index (χ0v) is 22.1. The molecule has 36 heavy (non-hydrogen) atoms. The number of aryl methyl sites for hydroxylation is 2. The van der Waals surface area contributed by atoms with Crippen molar-refractivity contribution in [3.63, 3.8) is 0 Å². The van der Waals surface area contributed by atoms with Crippen LogP contribution in [0.2, 0.25) is 0 Å². The number of methoxy groups -OCH3 is 1. The molecule has 196 valence electrons. The van der Waals surface area contributed by atoms with Gasteiger partial charge >= 0.3 is 0 Å². The van der Waals surface area contributed by atoms with Gasteiger partial charge in [0.2, 0.25) is 15.9 Å². The van der Waals surface area contributed by atoms with Crippen LogP contribution >= 0.6 is 0 Å². The van der Waals surface area contributed by atoms with E-state index < -0.39 is 15.6 Å². The van der Waals surface area contributed by atoms with Gasteiger partial charge < -0.3 is 19.5 Å². The highest BCUT2D eigenvalue weighted by Gasteiger charge is 2.37. The number of rotatable bonds is 8. The Hall–Kier alpha value is -2.46. The maximum Gasteiger partial charge on any atom is 0.248 e. The molecule has 2 aromatic carbocycles. The second-order valence-corrected chi connectivity index (χ2v) is 11.8. The fourth-order valence-corrected chi connectivity index (χ4v) is 7.01. The van der Waals surface area contributed by atoms with Crippen molar-refractivity contribution in [1.82, 2.24) is 9.21 Å². The molecule has 0 aromatic heterocycles. The molecule has 2 fully saturated rings. The summed E-state index contributed by atoms with van der Waals surface area (Å²) in [4.78, 5) is 14.7. The van der Waals surface area contributed by atoms with Crippen LogP contribution in [0.3, 0.4) is 0 Å². The first kappa shape index (κ1) is 26.6. The number of nitrogens with zero attached hydrogens (tertiary/aromatic N) is 2. The lowest BCUT2D eigenvalue weighted by Crippen LogP contribution is -2.48. The van der Waals surface area contributed by atoms with E-state index in [1.807, 2.05) is 43.3 Å². The first-order valence-corrected chi connectivity index (χ1v) is 13.9. The lowest BCUT2D eigenvalue weighted by atomic mass is 9.85. The summed E-state index contributed by atoms with van der Waals surface area (Å²) in [5, 5.41) is 11.0. The van der Waals surface area contributed by atoms with Gasteiger partial charge in [0, 0.05) is 32.6 Å². The predicted octanol–water partition coefficient (Wildman–Crippen LogP) is 2.69. The molecule has 0 radical (unpaired) electrons. The van der Waals surface area contributed by atoms with E-state index in [-0.39, 0.29) is 30.1 Å². The van der Waals surface area contributed by atoms with Crippen molar-refractivity contribution in [2.75, 3.05) is 39.9 Å².